The van der Waals surface area contributed by atoms with Crippen LogP contribution in [-0.4, -0.2) is 30.8 Å². The first-order valence-electron chi connectivity index (χ1n) is 5.69. The summed E-state index contributed by atoms with van der Waals surface area (Å²) in [5.41, 5.74) is 0.429. The molecule has 2 rings (SSSR count). The Hall–Kier alpha value is -1.55. The third-order valence-corrected chi connectivity index (χ3v) is 2.99. The number of carbonyl (C=O) groups is 1. The van der Waals surface area contributed by atoms with E-state index in [1.807, 2.05) is 50.1 Å². The van der Waals surface area contributed by atoms with Crippen LogP contribution in [0.4, 0.5) is 5.69 Å². The highest BCUT2D eigenvalue weighted by atomic mass is 16.5. The molecule has 0 bridgehead atoms. The topological polar surface area (TPSA) is 49.8 Å². The number of anilines is 1. The number of hydrogen-bond acceptors (Lipinski definition) is 3. The summed E-state index contributed by atoms with van der Waals surface area (Å²) in [6.45, 7) is 4.05. The second kappa shape index (κ2) is 4.04. The van der Waals surface area contributed by atoms with Crippen LogP contribution in [0.2, 0.25) is 0 Å². The maximum atomic E-state index is 11.6. The molecule has 1 heterocycles. The third-order valence-electron chi connectivity index (χ3n) is 2.99. The molecule has 1 aromatic carbocycles. The minimum atomic E-state index is -1.24. The number of likely N-dealkylation sites (N-methyl/N-ethyl adjacent to an activating group) is 1. The molecule has 1 unspecified atom stereocenters. The molecule has 1 aliphatic heterocycles. The van der Waals surface area contributed by atoms with Gasteiger partial charge in [0.15, 0.2) is 0 Å². The van der Waals surface area contributed by atoms with Crippen molar-refractivity contribution in [3.63, 3.8) is 0 Å². The Labute approximate surface area is 101 Å². The summed E-state index contributed by atoms with van der Waals surface area (Å²) < 4.78 is 5.72. The van der Waals surface area contributed by atoms with Crippen LogP contribution in [0.15, 0.2) is 24.3 Å². The van der Waals surface area contributed by atoms with Gasteiger partial charge in [0.2, 0.25) is 5.60 Å². The fourth-order valence-electron chi connectivity index (χ4n) is 2.39. The molecule has 1 atom stereocenters. The molecule has 0 fully saturated rings. The predicted molar refractivity (Wildman–Crippen MR) is 65.2 cm³/mol. The van der Waals surface area contributed by atoms with Crippen LogP contribution >= 0.6 is 0 Å². The van der Waals surface area contributed by atoms with E-state index in [1.54, 1.807) is 0 Å². The number of benzene rings is 1. The summed E-state index contributed by atoms with van der Waals surface area (Å²) in [7, 11) is 1.88. The van der Waals surface area contributed by atoms with Gasteiger partial charge in [0.25, 0.3) is 0 Å². The van der Waals surface area contributed by atoms with E-state index < -0.39 is 11.6 Å². The van der Waals surface area contributed by atoms with Crippen LogP contribution in [0.25, 0.3) is 0 Å². The van der Waals surface area contributed by atoms with Crippen molar-refractivity contribution in [3.8, 4) is 0 Å². The van der Waals surface area contributed by atoms with Crippen LogP contribution in [0.3, 0.4) is 0 Å². The summed E-state index contributed by atoms with van der Waals surface area (Å²) in [5.74, 6) is -0.928. The lowest BCUT2D eigenvalue weighted by atomic mass is 9.95. The van der Waals surface area contributed by atoms with Gasteiger partial charge in [0, 0.05) is 18.3 Å². The van der Waals surface area contributed by atoms with E-state index in [-0.39, 0.29) is 6.10 Å². The van der Waals surface area contributed by atoms with Gasteiger partial charge in [-0.15, -0.1) is 0 Å². The number of rotatable bonds is 3. The number of carboxylic acids is 1. The molecule has 1 N–H and O–H groups in total. The highest BCUT2D eigenvalue weighted by molar-refractivity contribution is 5.86. The fourth-order valence-corrected chi connectivity index (χ4v) is 2.39. The molecule has 0 radical (unpaired) electrons. The van der Waals surface area contributed by atoms with Gasteiger partial charge in [-0.2, -0.15) is 0 Å². The van der Waals surface area contributed by atoms with Gasteiger partial charge < -0.3 is 14.7 Å². The molecular weight excluding hydrogens is 218 g/mol. The van der Waals surface area contributed by atoms with Gasteiger partial charge in [-0.25, -0.2) is 4.79 Å². The van der Waals surface area contributed by atoms with E-state index in [9.17, 15) is 9.90 Å². The minimum Gasteiger partial charge on any atom is -0.479 e. The second-order valence-corrected chi connectivity index (χ2v) is 4.67. The first-order chi connectivity index (χ1) is 7.97. The zero-order chi connectivity index (χ0) is 12.6. The molecule has 0 aliphatic carbocycles. The standard InChI is InChI=1S/C13H17NO3/c1-9(2)17-13(12(15)16)8-14(3)11-7-5-4-6-10(11)13/h4-7,9H,8H2,1-3H3,(H,15,16). The van der Waals surface area contributed by atoms with Crippen molar-refractivity contribution >= 4 is 11.7 Å². The van der Waals surface area contributed by atoms with Gasteiger partial charge in [-0.1, -0.05) is 18.2 Å². The Morgan fingerprint density at radius 3 is 2.71 bits per heavy atom. The van der Waals surface area contributed by atoms with Gasteiger partial charge in [-0.3, -0.25) is 0 Å². The SMILES string of the molecule is CC(C)OC1(C(=O)O)CN(C)c2ccccc21. The molecule has 0 saturated carbocycles. The number of hydrogen-bond donors (Lipinski definition) is 1. The highest BCUT2D eigenvalue weighted by Gasteiger charge is 2.49. The Morgan fingerprint density at radius 2 is 2.12 bits per heavy atom. The fraction of sp³-hybridized carbons (Fsp3) is 0.462. The van der Waals surface area contributed by atoms with Gasteiger partial charge in [-0.05, 0) is 19.9 Å². The van der Waals surface area contributed by atoms with Crippen molar-refractivity contribution in [2.75, 3.05) is 18.5 Å². The lowest BCUT2D eigenvalue weighted by Gasteiger charge is -2.28. The van der Waals surface area contributed by atoms with Crippen LogP contribution < -0.4 is 4.90 Å². The third kappa shape index (κ3) is 1.78. The quantitative estimate of drug-likeness (QED) is 0.868. The molecule has 0 saturated heterocycles. The first kappa shape index (κ1) is 11.9. The van der Waals surface area contributed by atoms with Gasteiger partial charge in [0.05, 0.1) is 12.6 Å². The van der Waals surface area contributed by atoms with Crippen LogP contribution in [0.5, 0.6) is 0 Å². The largest absolute Gasteiger partial charge is 0.479 e. The van der Waals surface area contributed by atoms with Crippen molar-refractivity contribution in [1.82, 2.24) is 0 Å². The maximum absolute atomic E-state index is 11.6. The smallest absolute Gasteiger partial charge is 0.342 e. The van der Waals surface area contributed by atoms with Crippen LogP contribution in [0, 0.1) is 0 Å². The summed E-state index contributed by atoms with van der Waals surface area (Å²) in [4.78, 5) is 13.5. The number of ether oxygens (including phenoxy) is 1. The lowest BCUT2D eigenvalue weighted by molar-refractivity contribution is -0.171. The van der Waals surface area contributed by atoms with E-state index in [0.29, 0.717) is 6.54 Å². The molecule has 1 aromatic rings. The normalized spacial score (nSPS) is 22.9. The molecular formula is C13H17NO3. The predicted octanol–water partition coefficient (Wildman–Crippen LogP) is 1.84. The Bertz CT molecular complexity index is 440. The van der Waals surface area contributed by atoms with Crippen molar-refractivity contribution in [2.24, 2.45) is 0 Å². The zero-order valence-electron chi connectivity index (χ0n) is 10.3. The minimum absolute atomic E-state index is 0.134. The Balaban J connectivity index is 2.53. The molecule has 4 nitrogen and oxygen atoms in total. The van der Waals surface area contributed by atoms with Crippen molar-refractivity contribution in [1.29, 1.82) is 0 Å². The maximum Gasteiger partial charge on any atom is 0.342 e. The van der Waals surface area contributed by atoms with E-state index in [0.717, 1.165) is 11.3 Å². The average molecular weight is 235 g/mol. The van der Waals surface area contributed by atoms with Crippen LogP contribution in [-0.2, 0) is 15.1 Å². The van der Waals surface area contributed by atoms with Crippen molar-refractivity contribution < 1.29 is 14.6 Å². The van der Waals surface area contributed by atoms with E-state index in [2.05, 4.69) is 0 Å². The highest BCUT2D eigenvalue weighted by Crippen LogP contribution is 2.41. The van der Waals surface area contributed by atoms with Crippen LogP contribution in [0.1, 0.15) is 19.4 Å². The number of fused-ring (bicyclic) bond motifs is 1. The monoisotopic (exact) mass is 235 g/mol. The summed E-state index contributed by atoms with van der Waals surface area (Å²) in [6, 6.07) is 7.50. The Morgan fingerprint density at radius 1 is 1.47 bits per heavy atom. The second-order valence-electron chi connectivity index (χ2n) is 4.67. The zero-order valence-corrected chi connectivity index (χ0v) is 10.3. The molecule has 0 amide bonds. The van der Waals surface area contributed by atoms with Gasteiger partial charge >= 0.3 is 5.97 Å². The van der Waals surface area contributed by atoms with Gasteiger partial charge in [0.1, 0.15) is 0 Å². The molecule has 4 heteroatoms. The first-order valence-corrected chi connectivity index (χ1v) is 5.69. The number of para-hydroxylation sites is 1. The summed E-state index contributed by atoms with van der Waals surface area (Å²) in [5, 5.41) is 9.53. The number of nitrogens with zero attached hydrogens (tertiary/aromatic N) is 1. The van der Waals surface area contributed by atoms with Crippen molar-refractivity contribution in [2.45, 2.75) is 25.6 Å². The molecule has 0 spiro atoms. The van der Waals surface area contributed by atoms with E-state index in [4.69, 9.17) is 4.74 Å². The molecule has 0 aromatic heterocycles. The van der Waals surface area contributed by atoms with E-state index in [1.165, 1.54) is 0 Å². The summed E-state index contributed by atoms with van der Waals surface area (Å²) in [6.07, 6.45) is -0.134. The number of carboxylic acid groups (broad SMARTS) is 1. The summed E-state index contributed by atoms with van der Waals surface area (Å²) >= 11 is 0. The molecule has 1 aliphatic rings. The van der Waals surface area contributed by atoms with E-state index >= 15 is 0 Å². The van der Waals surface area contributed by atoms with Crippen molar-refractivity contribution in [3.05, 3.63) is 29.8 Å². The Kier molecular flexibility index (Phi) is 2.83. The molecule has 92 valence electrons. The number of aliphatic carboxylic acids is 1. The average Bonchev–Trinajstić information content (AvgIpc) is 2.53. The lowest BCUT2D eigenvalue weighted by Crippen LogP contribution is -2.44. The molecule has 17 heavy (non-hydrogen) atoms.